The molecule has 0 amide bonds. The molecule has 0 atom stereocenters. The number of hydrogen-bond donors (Lipinski definition) is 0. The fraction of sp³-hybridized carbons (Fsp3) is 0.294. The van der Waals surface area contributed by atoms with Gasteiger partial charge in [-0.05, 0) is 0 Å². The van der Waals surface area contributed by atoms with Crippen LogP contribution in [0.15, 0.2) is 60.7 Å². The Morgan fingerprint density at radius 2 is 1.26 bits per heavy atom. The summed E-state index contributed by atoms with van der Waals surface area (Å²) in [5.41, 5.74) is 0. The second kappa shape index (κ2) is 8.07. The normalized spacial score (nSPS) is 11.2. The second-order valence-electron chi connectivity index (χ2n) is 5.13. The van der Waals surface area contributed by atoms with E-state index in [0.29, 0.717) is 0 Å². The van der Waals surface area contributed by atoms with Crippen molar-refractivity contribution in [2.45, 2.75) is 20.7 Å². The van der Waals surface area contributed by atoms with Crippen molar-refractivity contribution < 1.29 is 0 Å². The van der Waals surface area contributed by atoms with Crippen LogP contribution in [0.2, 0.25) is 14.3 Å². The molecule has 0 aliphatic carbocycles. The molecule has 2 aromatic rings. The third-order valence-corrected chi connectivity index (χ3v) is 9.66. The van der Waals surface area contributed by atoms with Gasteiger partial charge in [-0.2, -0.15) is 0 Å². The predicted octanol–water partition coefficient (Wildman–Crippen LogP) is 4.26. The van der Waals surface area contributed by atoms with Crippen molar-refractivity contribution >= 4 is 38.3 Å². The van der Waals surface area contributed by atoms with Crippen LogP contribution in [0.3, 0.4) is 0 Å². The molecule has 0 unspecified atom stereocenters. The van der Waals surface area contributed by atoms with Crippen LogP contribution >= 0.6 is 7.92 Å². The van der Waals surface area contributed by atoms with E-state index in [4.69, 9.17) is 0 Å². The van der Waals surface area contributed by atoms with E-state index >= 15 is 0 Å². The Labute approximate surface area is 125 Å². The molecule has 0 N–H and O–H groups in total. The van der Waals surface area contributed by atoms with Gasteiger partial charge in [-0.3, -0.25) is 0 Å². The fourth-order valence-electron chi connectivity index (χ4n) is 2.21. The van der Waals surface area contributed by atoms with Gasteiger partial charge in [-0.25, -0.2) is 0 Å². The first kappa shape index (κ1) is 15.1. The van der Waals surface area contributed by atoms with Gasteiger partial charge in [-0.1, -0.05) is 0 Å². The molecule has 0 spiro atoms. The Kier molecular flexibility index (Phi) is 6.40. The molecule has 0 fully saturated rings. The van der Waals surface area contributed by atoms with Crippen molar-refractivity contribution in [3.8, 4) is 0 Å². The van der Waals surface area contributed by atoms with Crippen LogP contribution < -0.4 is 10.6 Å². The van der Waals surface area contributed by atoms with Crippen LogP contribution in [-0.2, 0) is 0 Å². The van der Waals surface area contributed by atoms with Gasteiger partial charge in [-0.15, -0.1) is 0 Å². The number of rotatable bonds is 6. The molecule has 0 heterocycles. The third kappa shape index (κ3) is 4.93. The minimum absolute atomic E-state index is 0.150. The molecule has 19 heavy (non-hydrogen) atoms. The molecule has 2 aromatic carbocycles. The molecule has 0 aliphatic heterocycles. The van der Waals surface area contributed by atoms with E-state index in [2.05, 4.69) is 70.5 Å². The van der Waals surface area contributed by atoms with Gasteiger partial charge in [0.1, 0.15) is 0 Å². The van der Waals surface area contributed by atoms with Gasteiger partial charge in [0.25, 0.3) is 0 Å². The summed E-state index contributed by atoms with van der Waals surface area (Å²) in [4.78, 5) is 5.02. The van der Waals surface area contributed by atoms with Crippen LogP contribution in [0.25, 0.3) is 0 Å². The molecule has 99 valence electrons. The van der Waals surface area contributed by atoms with E-state index in [1.54, 1.807) is 0 Å². The summed E-state index contributed by atoms with van der Waals surface area (Å²) < 4.78 is 1.53. The van der Waals surface area contributed by atoms with Crippen molar-refractivity contribution in [1.82, 2.24) is 0 Å². The average molecular weight is 376 g/mol. The van der Waals surface area contributed by atoms with Crippen LogP contribution in [0.4, 0.5) is 0 Å². The monoisotopic (exact) mass is 377 g/mol. The van der Waals surface area contributed by atoms with Gasteiger partial charge in [0.15, 0.2) is 0 Å². The van der Waals surface area contributed by atoms with Crippen molar-refractivity contribution in [3.63, 3.8) is 0 Å². The summed E-state index contributed by atoms with van der Waals surface area (Å²) in [6, 6.07) is 22.1. The minimum atomic E-state index is -0.913. The molecule has 2 heteroatoms. The van der Waals surface area contributed by atoms with Crippen LogP contribution in [0.5, 0.6) is 0 Å². The summed E-state index contributed by atoms with van der Waals surface area (Å²) >= 11 is -0.913. The first-order valence-corrected chi connectivity index (χ1v) is 16.2. The first-order valence-electron chi connectivity index (χ1n) is 6.94. The first-order chi connectivity index (χ1) is 9.27. The van der Waals surface area contributed by atoms with E-state index in [9.17, 15) is 0 Å². The van der Waals surface area contributed by atoms with Gasteiger partial charge >= 0.3 is 126 Å². The van der Waals surface area contributed by atoms with Gasteiger partial charge in [0.05, 0.1) is 0 Å². The molecule has 2 rings (SSSR count). The van der Waals surface area contributed by atoms with E-state index in [1.165, 1.54) is 27.6 Å². The Morgan fingerprint density at radius 1 is 0.789 bits per heavy atom. The average Bonchev–Trinajstić information content (AvgIpc) is 2.45. The summed E-state index contributed by atoms with van der Waals surface area (Å²) in [7, 11) is -0.150. The SMILES string of the molecule is [CH3][Sn]([CH3])[CH2]CCP(c1ccccc1)c1ccccc1. The van der Waals surface area contributed by atoms with E-state index in [1.807, 2.05) is 0 Å². The topological polar surface area (TPSA) is 0 Å². The zero-order chi connectivity index (χ0) is 13.5. The second-order valence-corrected chi connectivity index (χ2v) is 15.8. The van der Waals surface area contributed by atoms with Crippen molar-refractivity contribution in [2.75, 3.05) is 6.16 Å². The molecule has 0 bridgehead atoms. The fourth-order valence-corrected chi connectivity index (χ4v) is 7.94. The van der Waals surface area contributed by atoms with Crippen LogP contribution in [0.1, 0.15) is 6.42 Å². The van der Waals surface area contributed by atoms with E-state index in [-0.39, 0.29) is 7.92 Å². The van der Waals surface area contributed by atoms with E-state index < -0.39 is 19.8 Å². The van der Waals surface area contributed by atoms with Crippen molar-refractivity contribution in [1.29, 1.82) is 0 Å². The molecule has 0 saturated carbocycles. The Bertz CT molecular complexity index is 428. The molecule has 0 aromatic heterocycles. The zero-order valence-corrected chi connectivity index (χ0v) is 15.6. The molecule has 0 saturated heterocycles. The van der Waals surface area contributed by atoms with Gasteiger partial charge in [0.2, 0.25) is 0 Å². The van der Waals surface area contributed by atoms with Crippen molar-refractivity contribution in [3.05, 3.63) is 60.7 Å². The molecule has 1 radical (unpaired) electrons. The third-order valence-electron chi connectivity index (χ3n) is 3.19. The van der Waals surface area contributed by atoms with Crippen LogP contribution in [-0.4, -0.2) is 25.9 Å². The maximum atomic E-state index is 2.51. The quantitative estimate of drug-likeness (QED) is 0.522. The summed E-state index contributed by atoms with van der Waals surface area (Å²) in [5, 5.41) is 3.06. The zero-order valence-electron chi connectivity index (χ0n) is 11.8. The summed E-state index contributed by atoms with van der Waals surface area (Å²) in [6.45, 7) is 0. The molecular formula is C17H22PSn. The maximum absolute atomic E-state index is 2.51. The van der Waals surface area contributed by atoms with Gasteiger partial charge < -0.3 is 0 Å². The number of benzene rings is 2. The predicted molar refractivity (Wildman–Crippen MR) is 90.8 cm³/mol. The number of hydrogen-bond acceptors (Lipinski definition) is 0. The van der Waals surface area contributed by atoms with E-state index in [0.717, 1.165) is 0 Å². The molecule has 0 nitrogen and oxygen atoms in total. The standard InChI is InChI=1S/C15H16P.2CH3.Sn/c1-2-13-16(14-9-5-3-6-10-14)15-11-7-4-8-12-15;;;/h3-12H,1-2,13H2;2*1H3;. The van der Waals surface area contributed by atoms with Crippen LogP contribution in [0, 0.1) is 0 Å². The summed E-state index contributed by atoms with van der Waals surface area (Å²) in [6.07, 6.45) is 2.77. The summed E-state index contributed by atoms with van der Waals surface area (Å²) in [5.74, 6) is 0. The van der Waals surface area contributed by atoms with Crippen molar-refractivity contribution in [2.24, 2.45) is 0 Å². The Hall–Kier alpha value is -0.331. The van der Waals surface area contributed by atoms with Gasteiger partial charge in [0, 0.05) is 0 Å². The Morgan fingerprint density at radius 3 is 1.68 bits per heavy atom. The molecular weight excluding hydrogens is 354 g/mol. The molecule has 0 aliphatic rings. The Balaban J connectivity index is 2.14.